The molecule has 210 valence electrons. The van der Waals surface area contributed by atoms with E-state index in [1.165, 1.54) is 12.1 Å². The van der Waals surface area contributed by atoms with Crippen LogP contribution in [0.25, 0.3) is 28.0 Å². The average molecular weight is 563 g/mol. The lowest BCUT2D eigenvalue weighted by molar-refractivity contribution is -0.137. The van der Waals surface area contributed by atoms with Gasteiger partial charge >= 0.3 is 6.18 Å². The summed E-state index contributed by atoms with van der Waals surface area (Å²) < 4.78 is 54.0. The van der Waals surface area contributed by atoms with Crippen molar-refractivity contribution in [2.75, 3.05) is 7.11 Å². The topological polar surface area (TPSA) is 18.5 Å². The van der Waals surface area contributed by atoms with E-state index < -0.39 is 22.8 Å². The highest BCUT2D eigenvalue weighted by atomic mass is 19.4. The fourth-order valence-electron chi connectivity index (χ4n) is 6.73. The molecule has 1 atom stereocenters. The van der Waals surface area contributed by atoms with Crippen molar-refractivity contribution >= 4 is 16.8 Å². The molecule has 1 aliphatic heterocycles. The molecule has 0 bridgehead atoms. The molecule has 2 nitrogen and oxygen atoms in total. The molecule has 2 aliphatic rings. The van der Waals surface area contributed by atoms with Gasteiger partial charge in [0.25, 0.3) is 0 Å². The molecule has 0 spiro atoms. The van der Waals surface area contributed by atoms with Gasteiger partial charge in [0.15, 0.2) is 5.60 Å². The molecule has 0 amide bonds. The summed E-state index contributed by atoms with van der Waals surface area (Å²) in [4.78, 5) is 0. The van der Waals surface area contributed by atoms with Gasteiger partial charge in [-0.15, -0.1) is 0 Å². The Bertz CT molecular complexity index is 1900. The molecule has 1 heterocycles. The second-order valence-electron chi connectivity index (χ2n) is 11.7. The van der Waals surface area contributed by atoms with Crippen molar-refractivity contribution in [1.82, 2.24) is 0 Å². The Hall–Kier alpha value is -4.51. The molecule has 0 N–H and O–H groups in total. The maximum Gasteiger partial charge on any atom is 0.416 e. The Morgan fingerprint density at radius 2 is 1.43 bits per heavy atom. The molecule has 0 saturated carbocycles. The molecular formula is C37H29F3O2. The molecular weight excluding hydrogens is 533 g/mol. The molecule has 1 aliphatic carbocycles. The molecule has 0 aromatic heterocycles. The largest absolute Gasteiger partial charge is 0.497 e. The van der Waals surface area contributed by atoms with Gasteiger partial charge in [-0.1, -0.05) is 92.2 Å². The van der Waals surface area contributed by atoms with Crippen molar-refractivity contribution in [2.45, 2.75) is 38.0 Å². The predicted octanol–water partition coefficient (Wildman–Crippen LogP) is 9.83. The van der Waals surface area contributed by atoms with Crippen LogP contribution in [0.5, 0.6) is 11.5 Å². The van der Waals surface area contributed by atoms with E-state index in [9.17, 15) is 13.2 Å². The number of ether oxygens (including phenoxy) is 2. The van der Waals surface area contributed by atoms with Gasteiger partial charge in [0.05, 0.1) is 12.7 Å². The van der Waals surface area contributed by atoms with Crippen molar-refractivity contribution in [1.29, 1.82) is 0 Å². The van der Waals surface area contributed by atoms with Crippen LogP contribution in [0.4, 0.5) is 13.2 Å². The van der Waals surface area contributed by atoms with E-state index in [1.54, 1.807) is 13.2 Å². The van der Waals surface area contributed by atoms with Gasteiger partial charge in [0, 0.05) is 27.5 Å². The Kier molecular flexibility index (Phi) is 5.65. The summed E-state index contributed by atoms with van der Waals surface area (Å²) in [6, 6.07) is 28.4. The number of alkyl halides is 3. The Morgan fingerprint density at radius 3 is 2.07 bits per heavy atom. The van der Waals surface area contributed by atoms with Crippen LogP contribution in [0.3, 0.4) is 0 Å². The lowest BCUT2D eigenvalue weighted by Crippen LogP contribution is -2.35. The lowest BCUT2D eigenvalue weighted by atomic mass is 9.76. The third-order valence-corrected chi connectivity index (χ3v) is 8.87. The van der Waals surface area contributed by atoms with Crippen LogP contribution in [0.1, 0.15) is 52.8 Å². The van der Waals surface area contributed by atoms with Crippen LogP contribution < -0.4 is 9.47 Å². The number of halogens is 3. The molecule has 5 aromatic rings. The minimum absolute atomic E-state index is 0.634. The molecule has 5 heteroatoms. The number of rotatable bonds is 3. The summed E-state index contributed by atoms with van der Waals surface area (Å²) in [6.07, 6.45) is -0.236. The minimum Gasteiger partial charge on any atom is -0.497 e. The van der Waals surface area contributed by atoms with Crippen LogP contribution in [-0.2, 0) is 17.2 Å². The molecule has 7 rings (SSSR count). The number of benzene rings is 5. The number of hydrogen-bond acceptors (Lipinski definition) is 2. The minimum atomic E-state index is -4.42. The Morgan fingerprint density at radius 1 is 0.786 bits per heavy atom. The van der Waals surface area contributed by atoms with Gasteiger partial charge in [-0.3, -0.25) is 0 Å². The van der Waals surface area contributed by atoms with E-state index in [-0.39, 0.29) is 0 Å². The second kappa shape index (κ2) is 8.99. The van der Waals surface area contributed by atoms with E-state index in [0.29, 0.717) is 5.56 Å². The zero-order valence-electron chi connectivity index (χ0n) is 23.8. The highest BCUT2D eigenvalue weighted by molar-refractivity contribution is 6.08. The SMILES string of the molecule is COc1ccc(C2(c3ccc(C)cc3)C=Cc3c4c(c5ccccc5c3O2)-c2ccc(C(F)(F)F)cc2C4(C)C)cc1. The number of methoxy groups -OCH3 is 1. The normalized spacial score (nSPS) is 18.3. The fraction of sp³-hybridized carbons (Fsp3) is 0.189. The summed E-state index contributed by atoms with van der Waals surface area (Å²) in [6.45, 7) is 6.06. The molecule has 42 heavy (non-hydrogen) atoms. The quantitative estimate of drug-likeness (QED) is 0.218. The van der Waals surface area contributed by atoms with E-state index in [2.05, 4.69) is 43.3 Å². The van der Waals surface area contributed by atoms with Gasteiger partial charge in [0.1, 0.15) is 11.5 Å². The van der Waals surface area contributed by atoms with Crippen molar-refractivity contribution in [2.24, 2.45) is 0 Å². The Balaban J connectivity index is 1.51. The van der Waals surface area contributed by atoms with E-state index in [4.69, 9.17) is 9.47 Å². The monoisotopic (exact) mass is 562 g/mol. The van der Waals surface area contributed by atoms with Crippen molar-refractivity contribution in [3.63, 3.8) is 0 Å². The number of aryl methyl sites for hydroxylation is 1. The average Bonchev–Trinajstić information content (AvgIpc) is 3.23. The van der Waals surface area contributed by atoms with Gasteiger partial charge in [-0.25, -0.2) is 0 Å². The van der Waals surface area contributed by atoms with Crippen LogP contribution in [0.2, 0.25) is 0 Å². The maximum absolute atomic E-state index is 13.8. The van der Waals surface area contributed by atoms with Crippen molar-refractivity contribution < 1.29 is 22.6 Å². The third-order valence-electron chi connectivity index (χ3n) is 8.87. The van der Waals surface area contributed by atoms with E-state index >= 15 is 0 Å². The third kappa shape index (κ3) is 3.72. The van der Waals surface area contributed by atoms with Gasteiger partial charge < -0.3 is 9.47 Å². The van der Waals surface area contributed by atoms with Crippen LogP contribution in [0.15, 0.2) is 97.1 Å². The fourth-order valence-corrected chi connectivity index (χ4v) is 6.73. The van der Waals surface area contributed by atoms with E-state index in [1.807, 2.05) is 62.4 Å². The van der Waals surface area contributed by atoms with E-state index in [0.717, 1.165) is 61.2 Å². The smallest absolute Gasteiger partial charge is 0.416 e. The first-order valence-corrected chi connectivity index (χ1v) is 14.0. The maximum atomic E-state index is 13.8. The molecule has 0 saturated heterocycles. The highest BCUT2D eigenvalue weighted by Gasteiger charge is 2.45. The summed E-state index contributed by atoms with van der Waals surface area (Å²) >= 11 is 0. The first-order valence-electron chi connectivity index (χ1n) is 14.0. The molecule has 1 unspecified atom stereocenters. The predicted molar refractivity (Wildman–Crippen MR) is 161 cm³/mol. The summed E-state index contributed by atoms with van der Waals surface area (Å²) in [5.74, 6) is 1.47. The van der Waals surface area contributed by atoms with Crippen LogP contribution >= 0.6 is 0 Å². The second-order valence-corrected chi connectivity index (χ2v) is 11.7. The zero-order valence-corrected chi connectivity index (χ0v) is 23.8. The van der Waals surface area contributed by atoms with Gasteiger partial charge in [-0.2, -0.15) is 13.2 Å². The van der Waals surface area contributed by atoms with Crippen LogP contribution in [-0.4, -0.2) is 7.11 Å². The highest BCUT2D eigenvalue weighted by Crippen LogP contribution is 2.58. The van der Waals surface area contributed by atoms with Crippen molar-refractivity contribution in [3.8, 4) is 22.6 Å². The Labute approximate surface area is 243 Å². The van der Waals surface area contributed by atoms with Crippen LogP contribution in [0, 0.1) is 6.92 Å². The standard InChI is InChI=1S/C37H29F3O2/c1-22-9-11-23(12-10-22)36(24-13-16-26(41-4)17-14-24)20-19-30-33-32(27-7-5-6-8-28(27)34(30)42-36)29-18-15-25(37(38,39)40)21-31(29)35(33,2)3/h5-21H,1-4H3. The summed E-state index contributed by atoms with van der Waals surface area (Å²) in [5, 5.41) is 1.88. The van der Waals surface area contributed by atoms with Crippen molar-refractivity contribution in [3.05, 3.63) is 136 Å². The lowest BCUT2D eigenvalue weighted by Gasteiger charge is -2.38. The zero-order chi connectivity index (χ0) is 29.4. The number of fused-ring (bicyclic) bond motifs is 8. The summed E-state index contributed by atoms with van der Waals surface area (Å²) in [7, 11) is 1.64. The molecule has 0 fully saturated rings. The van der Waals surface area contributed by atoms with Gasteiger partial charge in [-0.05, 0) is 64.9 Å². The summed E-state index contributed by atoms with van der Waals surface area (Å²) in [5.41, 5.74) is 5.17. The molecule has 5 aromatic carbocycles. The molecule has 0 radical (unpaired) electrons. The number of hydrogen-bond donors (Lipinski definition) is 0. The first-order chi connectivity index (χ1) is 20.0. The first kappa shape index (κ1) is 26.4. The van der Waals surface area contributed by atoms with Gasteiger partial charge in [0.2, 0.25) is 0 Å².